The third-order valence-corrected chi connectivity index (χ3v) is 5.66. The summed E-state index contributed by atoms with van der Waals surface area (Å²) in [6.07, 6.45) is 10.4. The SMILES string of the molecule is CN1C2CCCC1CC(O)(CCCCc1ccccc1)C2. The maximum atomic E-state index is 11.0. The summed E-state index contributed by atoms with van der Waals surface area (Å²) >= 11 is 0. The van der Waals surface area contributed by atoms with Crippen molar-refractivity contribution in [3.05, 3.63) is 35.9 Å². The van der Waals surface area contributed by atoms with Crippen molar-refractivity contribution in [3.8, 4) is 0 Å². The number of piperidine rings is 2. The van der Waals surface area contributed by atoms with Gasteiger partial charge in [0.1, 0.15) is 0 Å². The molecule has 2 heteroatoms. The first-order valence-corrected chi connectivity index (χ1v) is 8.65. The van der Waals surface area contributed by atoms with Gasteiger partial charge in [0.2, 0.25) is 0 Å². The largest absolute Gasteiger partial charge is 0.390 e. The maximum absolute atomic E-state index is 11.0. The first-order valence-electron chi connectivity index (χ1n) is 8.65. The molecule has 0 amide bonds. The van der Waals surface area contributed by atoms with Crippen molar-refractivity contribution in [1.29, 1.82) is 0 Å². The average molecular weight is 287 g/mol. The Balaban J connectivity index is 1.46. The number of nitrogens with zero attached hydrogens (tertiary/aromatic N) is 1. The first kappa shape index (κ1) is 15.1. The molecule has 1 aromatic carbocycles. The molecule has 0 spiro atoms. The fraction of sp³-hybridized carbons (Fsp3) is 0.684. The minimum atomic E-state index is -0.390. The Morgan fingerprint density at radius 2 is 1.76 bits per heavy atom. The molecular weight excluding hydrogens is 258 g/mol. The summed E-state index contributed by atoms with van der Waals surface area (Å²) in [7, 11) is 2.25. The van der Waals surface area contributed by atoms with Crippen LogP contribution in [0.3, 0.4) is 0 Å². The topological polar surface area (TPSA) is 23.5 Å². The van der Waals surface area contributed by atoms with Crippen LogP contribution in [-0.4, -0.2) is 34.7 Å². The maximum Gasteiger partial charge on any atom is 0.0677 e. The molecule has 0 saturated carbocycles. The van der Waals surface area contributed by atoms with Crippen molar-refractivity contribution < 1.29 is 5.11 Å². The Morgan fingerprint density at radius 1 is 1.10 bits per heavy atom. The van der Waals surface area contributed by atoms with Gasteiger partial charge in [-0.15, -0.1) is 0 Å². The first-order chi connectivity index (χ1) is 10.2. The van der Waals surface area contributed by atoms with Gasteiger partial charge in [-0.3, -0.25) is 0 Å². The minimum Gasteiger partial charge on any atom is -0.390 e. The normalized spacial score (nSPS) is 33.0. The van der Waals surface area contributed by atoms with Crippen LogP contribution in [0.1, 0.15) is 56.9 Å². The molecule has 116 valence electrons. The van der Waals surface area contributed by atoms with E-state index in [1.807, 2.05) is 0 Å². The molecule has 2 nitrogen and oxygen atoms in total. The molecule has 1 aromatic rings. The van der Waals surface area contributed by atoms with E-state index in [0.717, 1.165) is 32.1 Å². The average Bonchev–Trinajstić information content (AvgIpc) is 2.47. The molecule has 3 rings (SSSR count). The van der Waals surface area contributed by atoms with E-state index in [2.05, 4.69) is 42.3 Å². The monoisotopic (exact) mass is 287 g/mol. The fourth-order valence-electron chi connectivity index (χ4n) is 4.38. The van der Waals surface area contributed by atoms with Crippen LogP contribution in [0.15, 0.2) is 30.3 Å². The highest BCUT2D eigenvalue weighted by atomic mass is 16.3. The fourth-order valence-corrected chi connectivity index (χ4v) is 4.38. The number of aliphatic hydroxyl groups is 1. The smallest absolute Gasteiger partial charge is 0.0677 e. The van der Waals surface area contributed by atoms with Crippen molar-refractivity contribution in [2.75, 3.05) is 7.05 Å². The van der Waals surface area contributed by atoms with E-state index in [1.165, 1.54) is 31.2 Å². The summed E-state index contributed by atoms with van der Waals surface area (Å²) < 4.78 is 0. The lowest BCUT2D eigenvalue weighted by molar-refractivity contribution is -0.0878. The molecule has 0 aromatic heterocycles. The number of hydrogen-bond acceptors (Lipinski definition) is 2. The highest BCUT2D eigenvalue weighted by Crippen LogP contribution is 2.40. The molecule has 2 bridgehead atoms. The summed E-state index contributed by atoms with van der Waals surface area (Å²) in [6.45, 7) is 0. The van der Waals surface area contributed by atoms with Crippen molar-refractivity contribution in [1.82, 2.24) is 4.90 Å². The van der Waals surface area contributed by atoms with Gasteiger partial charge in [0, 0.05) is 12.1 Å². The highest BCUT2D eigenvalue weighted by molar-refractivity contribution is 5.14. The predicted molar refractivity (Wildman–Crippen MR) is 87.4 cm³/mol. The van der Waals surface area contributed by atoms with Gasteiger partial charge in [-0.1, -0.05) is 43.2 Å². The van der Waals surface area contributed by atoms with Crippen molar-refractivity contribution >= 4 is 0 Å². The number of hydrogen-bond donors (Lipinski definition) is 1. The van der Waals surface area contributed by atoms with Crippen molar-refractivity contribution in [3.63, 3.8) is 0 Å². The zero-order chi connectivity index (χ0) is 14.7. The van der Waals surface area contributed by atoms with Crippen LogP contribution < -0.4 is 0 Å². The summed E-state index contributed by atoms with van der Waals surface area (Å²) in [5, 5.41) is 11.0. The quantitative estimate of drug-likeness (QED) is 0.833. The highest BCUT2D eigenvalue weighted by Gasteiger charge is 2.43. The van der Waals surface area contributed by atoms with E-state index < -0.39 is 0 Å². The van der Waals surface area contributed by atoms with E-state index in [9.17, 15) is 5.11 Å². The van der Waals surface area contributed by atoms with E-state index in [0.29, 0.717) is 12.1 Å². The Hall–Kier alpha value is -0.860. The number of benzene rings is 1. The van der Waals surface area contributed by atoms with Crippen LogP contribution in [0.5, 0.6) is 0 Å². The van der Waals surface area contributed by atoms with E-state index in [1.54, 1.807) is 0 Å². The third kappa shape index (κ3) is 3.67. The molecule has 2 aliphatic heterocycles. The Kier molecular flexibility index (Phi) is 4.66. The van der Waals surface area contributed by atoms with Gasteiger partial charge in [0.05, 0.1) is 5.60 Å². The second-order valence-electron chi connectivity index (χ2n) is 7.23. The molecular formula is C19H29NO. The Labute approximate surface area is 129 Å². The number of fused-ring (bicyclic) bond motifs is 2. The predicted octanol–water partition coefficient (Wildman–Crippen LogP) is 3.78. The molecule has 21 heavy (non-hydrogen) atoms. The molecule has 2 unspecified atom stereocenters. The van der Waals surface area contributed by atoms with Crippen LogP contribution in [0.4, 0.5) is 0 Å². The second-order valence-corrected chi connectivity index (χ2v) is 7.23. The van der Waals surface area contributed by atoms with Gasteiger partial charge in [0.25, 0.3) is 0 Å². The van der Waals surface area contributed by atoms with Crippen LogP contribution in [-0.2, 0) is 6.42 Å². The van der Waals surface area contributed by atoms with E-state index in [4.69, 9.17) is 0 Å². The van der Waals surface area contributed by atoms with Crippen LogP contribution in [0, 0.1) is 0 Å². The molecule has 2 saturated heterocycles. The lowest BCUT2D eigenvalue weighted by Gasteiger charge is -2.50. The van der Waals surface area contributed by atoms with Crippen LogP contribution in [0.2, 0.25) is 0 Å². The second kappa shape index (κ2) is 6.50. The number of aryl methyl sites for hydroxylation is 1. The lowest BCUT2D eigenvalue weighted by Crippen LogP contribution is -2.56. The van der Waals surface area contributed by atoms with E-state index >= 15 is 0 Å². The molecule has 1 N–H and O–H groups in total. The Bertz CT molecular complexity index is 430. The summed E-state index contributed by atoms with van der Waals surface area (Å²) in [6, 6.07) is 11.9. The van der Waals surface area contributed by atoms with Gasteiger partial charge in [-0.2, -0.15) is 0 Å². The van der Waals surface area contributed by atoms with Gasteiger partial charge < -0.3 is 10.0 Å². The van der Waals surface area contributed by atoms with Crippen molar-refractivity contribution in [2.24, 2.45) is 0 Å². The van der Waals surface area contributed by atoms with Gasteiger partial charge >= 0.3 is 0 Å². The molecule has 0 aliphatic carbocycles. The molecule has 2 aliphatic rings. The summed E-state index contributed by atoms with van der Waals surface area (Å²) in [4.78, 5) is 2.53. The van der Waals surface area contributed by atoms with E-state index in [-0.39, 0.29) is 5.60 Å². The van der Waals surface area contributed by atoms with Crippen LogP contribution in [0.25, 0.3) is 0 Å². The van der Waals surface area contributed by atoms with Gasteiger partial charge in [-0.25, -0.2) is 0 Å². The third-order valence-electron chi connectivity index (χ3n) is 5.66. The lowest BCUT2D eigenvalue weighted by atomic mass is 9.74. The molecule has 2 atom stereocenters. The number of unbranched alkanes of at least 4 members (excludes halogenated alkanes) is 1. The van der Waals surface area contributed by atoms with Crippen molar-refractivity contribution in [2.45, 2.75) is 75.5 Å². The molecule has 0 radical (unpaired) electrons. The van der Waals surface area contributed by atoms with Gasteiger partial charge in [-0.05, 0) is 57.6 Å². The van der Waals surface area contributed by atoms with Crippen LogP contribution >= 0.6 is 0 Å². The molecule has 2 heterocycles. The minimum absolute atomic E-state index is 0.390. The Morgan fingerprint density at radius 3 is 2.43 bits per heavy atom. The molecule has 2 fully saturated rings. The summed E-state index contributed by atoms with van der Waals surface area (Å²) in [5.41, 5.74) is 1.03. The standard InChI is InChI=1S/C19H29NO/c1-20-17-11-7-12-18(20)15-19(21,14-17)13-6-5-10-16-8-3-2-4-9-16/h2-4,8-9,17-18,21H,5-7,10-15H2,1H3. The zero-order valence-electron chi connectivity index (χ0n) is 13.3. The van der Waals surface area contributed by atoms with Gasteiger partial charge in [0.15, 0.2) is 0 Å². The number of rotatable bonds is 5. The zero-order valence-corrected chi connectivity index (χ0v) is 13.3. The summed E-state index contributed by atoms with van der Waals surface area (Å²) in [5.74, 6) is 0.